The molecule has 0 heterocycles. The molecule has 2 heteroatoms. The van der Waals surface area contributed by atoms with E-state index in [4.69, 9.17) is 0 Å². The zero-order valence-corrected chi connectivity index (χ0v) is 15.1. The summed E-state index contributed by atoms with van der Waals surface area (Å²) in [6.07, 6.45) is 12.6. The Balaban J connectivity index is -0.000000739. The molecule has 0 atom stereocenters. The molecule has 1 amide bonds. The Morgan fingerprint density at radius 1 is 0.952 bits per heavy atom. The molecule has 0 aliphatic rings. The summed E-state index contributed by atoms with van der Waals surface area (Å²) in [4.78, 5) is 13.2. The van der Waals surface area contributed by atoms with Gasteiger partial charge in [-0.05, 0) is 39.8 Å². The zero-order chi connectivity index (χ0) is 17.3. The summed E-state index contributed by atoms with van der Waals surface area (Å²) in [7, 11) is 0. The minimum Gasteiger partial charge on any atom is -0.285 e. The van der Waals surface area contributed by atoms with Gasteiger partial charge in [-0.25, -0.2) is 0 Å². The van der Waals surface area contributed by atoms with Crippen LogP contribution >= 0.6 is 0 Å². The van der Waals surface area contributed by atoms with E-state index in [1.54, 1.807) is 11.1 Å². The third-order valence-electron chi connectivity index (χ3n) is 2.26. The summed E-state index contributed by atoms with van der Waals surface area (Å²) in [6.45, 7) is 19.3. The topological polar surface area (TPSA) is 20.3 Å². The van der Waals surface area contributed by atoms with Crippen molar-refractivity contribution in [1.29, 1.82) is 0 Å². The van der Waals surface area contributed by atoms with Crippen LogP contribution in [0.5, 0.6) is 0 Å². The molecule has 21 heavy (non-hydrogen) atoms. The van der Waals surface area contributed by atoms with Gasteiger partial charge in [-0.1, -0.05) is 64.2 Å². The Kier molecular flexibility index (Phi) is 20.9. The van der Waals surface area contributed by atoms with Crippen molar-refractivity contribution < 1.29 is 4.79 Å². The average molecular weight is 291 g/mol. The molecule has 0 fully saturated rings. The first-order valence-corrected chi connectivity index (χ1v) is 7.66. The van der Waals surface area contributed by atoms with Gasteiger partial charge in [-0.2, -0.15) is 0 Å². The third kappa shape index (κ3) is 11.7. The van der Waals surface area contributed by atoms with Crippen molar-refractivity contribution in [1.82, 2.24) is 4.90 Å². The maximum Gasteiger partial charge on any atom is 0.254 e. The fraction of sp³-hybridized carbons (Fsp3) is 0.421. The van der Waals surface area contributed by atoms with E-state index in [1.165, 1.54) is 6.08 Å². The molecule has 2 nitrogen and oxygen atoms in total. The maximum absolute atomic E-state index is 11.7. The highest BCUT2D eigenvalue weighted by Gasteiger charge is 2.08. The molecular weight excluding hydrogens is 258 g/mol. The fourth-order valence-corrected chi connectivity index (χ4v) is 1.16. The zero-order valence-electron chi connectivity index (χ0n) is 15.1. The molecular formula is C19H33NO. The molecule has 0 N–H and O–H groups in total. The van der Waals surface area contributed by atoms with E-state index in [0.29, 0.717) is 0 Å². The second-order valence-corrected chi connectivity index (χ2v) is 3.47. The number of hydrogen-bond acceptors (Lipinski definition) is 1. The molecule has 0 aromatic carbocycles. The van der Waals surface area contributed by atoms with E-state index < -0.39 is 0 Å². The van der Waals surface area contributed by atoms with Gasteiger partial charge in [0.25, 0.3) is 5.91 Å². The van der Waals surface area contributed by atoms with Crippen LogP contribution in [0.1, 0.15) is 55.4 Å². The van der Waals surface area contributed by atoms with Gasteiger partial charge in [-0.15, -0.1) is 0 Å². The van der Waals surface area contributed by atoms with Gasteiger partial charge in [0.2, 0.25) is 0 Å². The molecule has 0 unspecified atom stereocenters. The van der Waals surface area contributed by atoms with Gasteiger partial charge < -0.3 is 0 Å². The number of hydrogen-bond donors (Lipinski definition) is 0. The molecule has 0 aliphatic heterocycles. The van der Waals surface area contributed by atoms with Gasteiger partial charge in [0.05, 0.1) is 0 Å². The van der Waals surface area contributed by atoms with E-state index in [0.717, 1.165) is 11.3 Å². The van der Waals surface area contributed by atoms with Gasteiger partial charge in [0, 0.05) is 11.9 Å². The van der Waals surface area contributed by atoms with Crippen LogP contribution in [0, 0.1) is 0 Å². The lowest BCUT2D eigenvalue weighted by molar-refractivity contribution is -0.121. The van der Waals surface area contributed by atoms with Crippen LogP contribution in [0.3, 0.4) is 0 Å². The molecule has 0 bridgehead atoms. The fourth-order valence-electron chi connectivity index (χ4n) is 1.16. The van der Waals surface area contributed by atoms with Gasteiger partial charge in [-0.3, -0.25) is 9.69 Å². The second-order valence-electron chi connectivity index (χ2n) is 3.47. The van der Waals surface area contributed by atoms with E-state index in [-0.39, 0.29) is 5.91 Å². The SMILES string of the molecule is C=CC(=O)N(/C=C\C)C(/C=C\C(C)=C/C)=C/C.CC.CC. The summed E-state index contributed by atoms with van der Waals surface area (Å²) in [5.41, 5.74) is 1.98. The first-order chi connectivity index (χ1) is 10.1. The maximum atomic E-state index is 11.7. The minimum atomic E-state index is -0.140. The molecule has 0 aromatic rings. The number of amides is 1. The lowest BCUT2D eigenvalue weighted by Gasteiger charge is -2.17. The highest BCUT2D eigenvalue weighted by molar-refractivity contribution is 5.89. The Labute approximate surface area is 132 Å². The van der Waals surface area contributed by atoms with Crippen molar-refractivity contribution in [2.45, 2.75) is 55.4 Å². The van der Waals surface area contributed by atoms with E-state index in [9.17, 15) is 4.79 Å². The predicted molar refractivity (Wildman–Crippen MR) is 96.9 cm³/mol. The number of nitrogens with zero attached hydrogens (tertiary/aromatic N) is 1. The van der Waals surface area contributed by atoms with E-state index >= 15 is 0 Å². The van der Waals surface area contributed by atoms with E-state index in [1.807, 2.05) is 85.8 Å². The normalized spacial score (nSPS) is 11.4. The molecule has 0 spiro atoms. The van der Waals surface area contributed by atoms with Gasteiger partial charge >= 0.3 is 0 Å². The van der Waals surface area contributed by atoms with Crippen LogP contribution in [0.4, 0.5) is 0 Å². The number of rotatable bonds is 5. The highest BCUT2D eigenvalue weighted by Crippen LogP contribution is 2.10. The van der Waals surface area contributed by atoms with Crippen molar-refractivity contribution in [2.75, 3.05) is 0 Å². The molecule has 120 valence electrons. The third-order valence-corrected chi connectivity index (χ3v) is 2.26. The Hall–Kier alpha value is -1.83. The molecule has 0 saturated heterocycles. The van der Waals surface area contributed by atoms with Crippen molar-refractivity contribution in [3.8, 4) is 0 Å². The van der Waals surface area contributed by atoms with Crippen molar-refractivity contribution >= 4 is 5.91 Å². The van der Waals surface area contributed by atoms with Crippen LogP contribution in [-0.4, -0.2) is 10.8 Å². The van der Waals surface area contributed by atoms with Crippen LogP contribution in [-0.2, 0) is 4.79 Å². The summed E-state index contributed by atoms with van der Waals surface area (Å²) >= 11 is 0. The number of carbonyl (C=O) groups excluding carboxylic acids is 1. The standard InChI is InChI=1S/C15H21NO.2C2H6/c1-6-12-16(15(17)9-4)14(8-3)11-10-13(5)7-2;2*1-2/h6-12H,4H2,1-3,5H3;2*1-2H3/b11-10-,12-6-,13-7-,14-8+;;. The average Bonchev–Trinajstić information content (AvgIpc) is 2.56. The molecule has 0 aromatic heterocycles. The first kappa shape index (κ1) is 24.2. The lowest BCUT2D eigenvalue weighted by Crippen LogP contribution is -2.21. The Morgan fingerprint density at radius 2 is 1.48 bits per heavy atom. The molecule has 0 saturated carbocycles. The minimum absolute atomic E-state index is 0.140. The van der Waals surface area contributed by atoms with Gasteiger partial charge in [0.1, 0.15) is 0 Å². The van der Waals surface area contributed by atoms with Crippen LogP contribution in [0.2, 0.25) is 0 Å². The van der Waals surface area contributed by atoms with Crippen LogP contribution in [0.25, 0.3) is 0 Å². The van der Waals surface area contributed by atoms with Gasteiger partial charge in [0.15, 0.2) is 0 Å². The predicted octanol–water partition coefficient (Wildman–Crippen LogP) is 6.01. The van der Waals surface area contributed by atoms with Crippen molar-refractivity contribution in [3.63, 3.8) is 0 Å². The van der Waals surface area contributed by atoms with Crippen molar-refractivity contribution in [2.24, 2.45) is 0 Å². The Bertz CT molecular complexity index is 384. The molecule has 0 radical (unpaired) electrons. The largest absolute Gasteiger partial charge is 0.285 e. The molecule has 0 aliphatic carbocycles. The number of allylic oxidation sites excluding steroid dienone is 6. The summed E-state index contributed by atoms with van der Waals surface area (Å²) in [6, 6.07) is 0. The van der Waals surface area contributed by atoms with Crippen molar-refractivity contribution in [3.05, 3.63) is 60.5 Å². The molecule has 0 rings (SSSR count). The quantitative estimate of drug-likeness (QED) is 0.448. The highest BCUT2D eigenvalue weighted by atomic mass is 16.2. The first-order valence-electron chi connectivity index (χ1n) is 7.66. The van der Waals surface area contributed by atoms with Crippen LogP contribution < -0.4 is 0 Å². The summed E-state index contributed by atoms with van der Waals surface area (Å²) in [5, 5.41) is 0. The lowest BCUT2D eigenvalue weighted by atomic mass is 10.2. The smallest absolute Gasteiger partial charge is 0.254 e. The second kappa shape index (κ2) is 18.2. The summed E-state index contributed by atoms with van der Waals surface area (Å²) in [5.74, 6) is -0.140. The van der Waals surface area contributed by atoms with Crippen LogP contribution in [0.15, 0.2) is 60.5 Å². The van der Waals surface area contributed by atoms with E-state index in [2.05, 4.69) is 6.58 Å². The number of carbonyl (C=O) groups is 1. The monoisotopic (exact) mass is 291 g/mol. The summed E-state index contributed by atoms with van der Waals surface area (Å²) < 4.78 is 0. The Morgan fingerprint density at radius 3 is 1.81 bits per heavy atom.